The lowest BCUT2D eigenvalue weighted by molar-refractivity contribution is -0.183. The number of halogens is 3. The number of aromatic amines is 1. The van der Waals surface area contributed by atoms with Crippen molar-refractivity contribution in [1.29, 1.82) is 0 Å². The summed E-state index contributed by atoms with van der Waals surface area (Å²) in [6.45, 7) is 2.17. The van der Waals surface area contributed by atoms with Gasteiger partial charge in [0.15, 0.2) is 0 Å². The normalized spacial score (nSPS) is 17.5. The highest BCUT2D eigenvalue weighted by Gasteiger charge is 2.42. The van der Waals surface area contributed by atoms with Crippen LogP contribution in [0.5, 0.6) is 0 Å². The molecule has 112 valence electrons. The summed E-state index contributed by atoms with van der Waals surface area (Å²) in [4.78, 5) is 17.5. The van der Waals surface area contributed by atoms with Gasteiger partial charge in [-0.25, -0.2) is 4.98 Å². The summed E-state index contributed by atoms with van der Waals surface area (Å²) in [6.07, 6.45) is -2.72. The van der Waals surface area contributed by atoms with Gasteiger partial charge in [0, 0.05) is 19.5 Å². The van der Waals surface area contributed by atoms with E-state index in [-0.39, 0.29) is 31.8 Å². The number of aryl methyl sites for hydroxylation is 1. The number of alkyl halides is 3. The molecule has 1 N–H and O–H groups in total. The number of amides is 1. The molecule has 5 nitrogen and oxygen atoms in total. The predicted octanol–water partition coefficient (Wildman–Crippen LogP) is 2.17. The van der Waals surface area contributed by atoms with Crippen LogP contribution in [-0.2, 0) is 6.42 Å². The molecule has 0 radical (unpaired) electrons. The molecule has 0 unspecified atom stereocenters. The maximum Gasteiger partial charge on any atom is 0.391 e. The largest absolute Gasteiger partial charge is 0.391 e. The average molecular weight is 290 g/mol. The maximum atomic E-state index is 12.5. The Hall–Kier alpha value is -1.60. The Morgan fingerprint density at radius 3 is 2.60 bits per heavy atom. The van der Waals surface area contributed by atoms with Crippen LogP contribution in [0.3, 0.4) is 0 Å². The van der Waals surface area contributed by atoms with E-state index in [1.165, 1.54) is 4.90 Å². The summed E-state index contributed by atoms with van der Waals surface area (Å²) < 4.78 is 37.6. The molecule has 0 spiro atoms. The summed E-state index contributed by atoms with van der Waals surface area (Å²) in [5.41, 5.74) is 0. The number of carbonyl (C=O) groups excluding carboxylic acids is 1. The molecule has 0 saturated carbocycles. The molecule has 20 heavy (non-hydrogen) atoms. The van der Waals surface area contributed by atoms with E-state index in [0.717, 1.165) is 6.42 Å². The highest BCUT2D eigenvalue weighted by Crippen LogP contribution is 2.34. The van der Waals surface area contributed by atoms with Crippen LogP contribution in [-0.4, -0.2) is 45.3 Å². The van der Waals surface area contributed by atoms with Gasteiger partial charge in [0.25, 0.3) is 5.91 Å². The van der Waals surface area contributed by atoms with E-state index >= 15 is 0 Å². The first-order valence-electron chi connectivity index (χ1n) is 6.69. The number of hydrogen-bond donors (Lipinski definition) is 1. The van der Waals surface area contributed by atoms with Crippen molar-refractivity contribution in [3.63, 3.8) is 0 Å². The fourth-order valence-electron chi connectivity index (χ4n) is 2.29. The van der Waals surface area contributed by atoms with Gasteiger partial charge >= 0.3 is 6.18 Å². The zero-order valence-corrected chi connectivity index (χ0v) is 11.2. The number of aromatic nitrogens is 3. The van der Waals surface area contributed by atoms with E-state index in [2.05, 4.69) is 15.2 Å². The van der Waals surface area contributed by atoms with E-state index < -0.39 is 18.0 Å². The van der Waals surface area contributed by atoms with Crippen molar-refractivity contribution in [2.75, 3.05) is 13.1 Å². The topological polar surface area (TPSA) is 61.9 Å². The smallest absolute Gasteiger partial charge is 0.336 e. The van der Waals surface area contributed by atoms with E-state index in [1.807, 2.05) is 6.92 Å². The van der Waals surface area contributed by atoms with Gasteiger partial charge in [0.05, 0.1) is 5.92 Å². The van der Waals surface area contributed by atoms with Crippen LogP contribution in [0.15, 0.2) is 0 Å². The zero-order chi connectivity index (χ0) is 14.8. The Balaban J connectivity index is 1.94. The predicted molar refractivity (Wildman–Crippen MR) is 65.1 cm³/mol. The zero-order valence-electron chi connectivity index (χ0n) is 11.2. The fourth-order valence-corrected chi connectivity index (χ4v) is 2.29. The van der Waals surface area contributed by atoms with Crippen molar-refractivity contribution >= 4 is 5.91 Å². The lowest BCUT2D eigenvalue weighted by Gasteiger charge is -2.32. The minimum atomic E-state index is -4.17. The number of rotatable bonds is 3. The number of carbonyl (C=O) groups is 1. The van der Waals surface area contributed by atoms with Gasteiger partial charge in [0.2, 0.25) is 5.82 Å². The third kappa shape index (κ3) is 3.29. The molecule has 1 aromatic rings. The first-order chi connectivity index (χ1) is 9.41. The van der Waals surface area contributed by atoms with Gasteiger partial charge < -0.3 is 4.90 Å². The molecule has 1 aliphatic rings. The molecule has 1 fully saturated rings. The lowest BCUT2D eigenvalue weighted by Crippen LogP contribution is -2.42. The number of H-pyrrole nitrogens is 1. The molecule has 1 aromatic heterocycles. The van der Waals surface area contributed by atoms with Gasteiger partial charge in [0.1, 0.15) is 5.82 Å². The monoisotopic (exact) mass is 290 g/mol. The van der Waals surface area contributed by atoms with Gasteiger partial charge in [-0.15, -0.1) is 5.10 Å². The molecule has 0 aliphatic carbocycles. The van der Waals surface area contributed by atoms with Crippen LogP contribution < -0.4 is 0 Å². The average Bonchev–Trinajstić information content (AvgIpc) is 2.86. The highest BCUT2D eigenvalue weighted by molar-refractivity contribution is 5.90. The van der Waals surface area contributed by atoms with Crippen molar-refractivity contribution in [2.45, 2.75) is 38.8 Å². The molecule has 0 bridgehead atoms. The summed E-state index contributed by atoms with van der Waals surface area (Å²) in [5, 5.41) is 6.50. The molecular formula is C12H17F3N4O. The second-order valence-corrected chi connectivity index (χ2v) is 4.96. The Labute approximate surface area is 114 Å². The van der Waals surface area contributed by atoms with Gasteiger partial charge in [-0.3, -0.25) is 9.89 Å². The first-order valence-corrected chi connectivity index (χ1v) is 6.69. The number of piperidine rings is 1. The van der Waals surface area contributed by atoms with Crippen LogP contribution in [0.2, 0.25) is 0 Å². The molecule has 1 saturated heterocycles. The second kappa shape index (κ2) is 5.80. The van der Waals surface area contributed by atoms with E-state index in [9.17, 15) is 18.0 Å². The Bertz CT molecular complexity index is 464. The summed E-state index contributed by atoms with van der Waals surface area (Å²) in [6, 6.07) is 0. The minimum absolute atomic E-state index is 0.0407. The minimum Gasteiger partial charge on any atom is -0.336 e. The molecule has 2 rings (SSSR count). The third-order valence-electron chi connectivity index (χ3n) is 3.45. The Morgan fingerprint density at radius 2 is 2.05 bits per heavy atom. The van der Waals surface area contributed by atoms with Gasteiger partial charge in [-0.2, -0.15) is 13.2 Å². The summed E-state index contributed by atoms with van der Waals surface area (Å²) in [7, 11) is 0. The van der Waals surface area contributed by atoms with Crippen LogP contribution >= 0.6 is 0 Å². The van der Waals surface area contributed by atoms with Crippen molar-refractivity contribution in [1.82, 2.24) is 20.1 Å². The number of likely N-dealkylation sites (tertiary alicyclic amines) is 1. The molecule has 0 aromatic carbocycles. The summed E-state index contributed by atoms with van der Waals surface area (Å²) in [5.74, 6) is -1.04. The molecule has 0 atom stereocenters. The SMILES string of the molecule is CCCc1nc(C(=O)N2CCC(C(F)(F)F)CC2)n[nH]1. The van der Waals surface area contributed by atoms with E-state index in [0.29, 0.717) is 12.2 Å². The molecular weight excluding hydrogens is 273 g/mol. The number of hydrogen-bond acceptors (Lipinski definition) is 3. The quantitative estimate of drug-likeness (QED) is 0.928. The highest BCUT2D eigenvalue weighted by atomic mass is 19.4. The molecule has 1 amide bonds. The number of nitrogens with zero attached hydrogens (tertiary/aromatic N) is 3. The lowest BCUT2D eigenvalue weighted by atomic mass is 9.96. The molecule has 8 heteroatoms. The van der Waals surface area contributed by atoms with Crippen molar-refractivity contribution in [3.8, 4) is 0 Å². The van der Waals surface area contributed by atoms with Gasteiger partial charge in [-0.05, 0) is 19.3 Å². The first kappa shape index (κ1) is 14.8. The van der Waals surface area contributed by atoms with Crippen LogP contribution in [0.4, 0.5) is 13.2 Å². The van der Waals surface area contributed by atoms with Gasteiger partial charge in [-0.1, -0.05) is 6.92 Å². The van der Waals surface area contributed by atoms with Crippen molar-refractivity contribution in [2.24, 2.45) is 5.92 Å². The Kier molecular flexibility index (Phi) is 4.29. The van der Waals surface area contributed by atoms with E-state index in [4.69, 9.17) is 0 Å². The van der Waals surface area contributed by atoms with Crippen molar-refractivity contribution in [3.05, 3.63) is 11.6 Å². The molecule has 2 heterocycles. The van der Waals surface area contributed by atoms with Crippen LogP contribution in [0.1, 0.15) is 42.6 Å². The van der Waals surface area contributed by atoms with E-state index in [1.54, 1.807) is 0 Å². The summed E-state index contributed by atoms with van der Waals surface area (Å²) >= 11 is 0. The van der Waals surface area contributed by atoms with Crippen molar-refractivity contribution < 1.29 is 18.0 Å². The molecule has 1 aliphatic heterocycles. The second-order valence-electron chi connectivity index (χ2n) is 4.96. The Morgan fingerprint density at radius 1 is 1.40 bits per heavy atom. The fraction of sp³-hybridized carbons (Fsp3) is 0.750. The van der Waals surface area contributed by atoms with Crippen LogP contribution in [0.25, 0.3) is 0 Å². The van der Waals surface area contributed by atoms with Crippen LogP contribution in [0, 0.1) is 5.92 Å². The third-order valence-corrected chi connectivity index (χ3v) is 3.45. The standard InChI is InChI=1S/C12H17F3N4O/c1-2-3-9-16-10(18-17-9)11(20)19-6-4-8(5-7-19)12(13,14)15/h8H,2-7H2,1H3,(H,16,17,18). The number of nitrogens with one attached hydrogen (secondary N) is 1. The maximum absolute atomic E-state index is 12.5.